The maximum atomic E-state index is 12.4. The lowest BCUT2D eigenvalue weighted by molar-refractivity contribution is -0.137. The molecule has 0 aliphatic carbocycles. The molecule has 1 aromatic heterocycles. The van der Waals surface area contributed by atoms with Crippen LogP contribution in [-0.2, 0) is 18.6 Å². The second-order valence-electron chi connectivity index (χ2n) is 3.87. The Morgan fingerprint density at radius 1 is 1.11 bits per heavy atom. The molecule has 0 spiro atoms. The summed E-state index contributed by atoms with van der Waals surface area (Å²) in [6, 6.07) is 5.04. The zero-order chi connectivity index (χ0) is 13.2. The Balaban J connectivity index is 2.11. The SMILES string of the molecule is FC(F)(F)c1ccc(Cn2cc(CCl)cn2)cc1. The third kappa shape index (κ3) is 3.04. The van der Waals surface area contributed by atoms with Gasteiger partial charge in [-0.15, -0.1) is 11.6 Å². The molecule has 2 aromatic rings. The Kier molecular flexibility index (Phi) is 3.61. The van der Waals surface area contributed by atoms with Gasteiger partial charge in [0.05, 0.1) is 24.2 Å². The van der Waals surface area contributed by atoms with Gasteiger partial charge in [-0.2, -0.15) is 18.3 Å². The summed E-state index contributed by atoms with van der Waals surface area (Å²) in [6.07, 6.45) is -0.891. The molecule has 0 amide bonds. The van der Waals surface area contributed by atoms with Gasteiger partial charge in [0.2, 0.25) is 0 Å². The third-order valence-corrected chi connectivity index (χ3v) is 2.78. The van der Waals surface area contributed by atoms with E-state index in [4.69, 9.17) is 11.6 Å². The van der Waals surface area contributed by atoms with Crippen LogP contribution in [-0.4, -0.2) is 9.78 Å². The first-order chi connectivity index (χ1) is 8.49. The van der Waals surface area contributed by atoms with Crippen molar-refractivity contribution in [3.8, 4) is 0 Å². The van der Waals surface area contributed by atoms with Crippen molar-refractivity contribution in [3.05, 3.63) is 53.3 Å². The number of aromatic nitrogens is 2. The molecule has 2 rings (SSSR count). The first kappa shape index (κ1) is 13.0. The summed E-state index contributed by atoms with van der Waals surface area (Å²) in [7, 11) is 0. The second kappa shape index (κ2) is 5.02. The van der Waals surface area contributed by atoms with Crippen LogP contribution in [0.5, 0.6) is 0 Å². The van der Waals surface area contributed by atoms with Crippen LogP contribution < -0.4 is 0 Å². The summed E-state index contributed by atoms with van der Waals surface area (Å²) in [5.74, 6) is 0.368. The Labute approximate surface area is 107 Å². The van der Waals surface area contributed by atoms with Gasteiger partial charge in [-0.05, 0) is 17.7 Å². The van der Waals surface area contributed by atoms with E-state index in [9.17, 15) is 13.2 Å². The Bertz CT molecular complexity index is 517. The molecule has 1 aromatic carbocycles. The van der Waals surface area contributed by atoms with Crippen molar-refractivity contribution in [2.45, 2.75) is 18.6 Å². The van der Waals surface area contributed by atoms with Gasteiger partial charge in [0.15, 0.2) is 0 Å². The van der Waals surface area contributed by atoms with E-state index in [-0.39, 0.29) is 0 Å². The highest BCUT2D eigenvalue weighted by molar-refractivity contribution is 6.17. The van der Waals surface area contributed by atoms with Gasteiger partial charge in [-0.25, -0.2) is 0 Å². The van der Waals surface area contributed by atoms with E-state index in [1.54, 1.807) is 17.1 Å². The number of alkyl halides is 4. The monoisotopic (exact) mass is 274 g/mol. The average Bonchev–Trinajstić information content (AvgIpc) is 2.76. The predicted molar refractivity (Wildman–Crippen MR) is 62.3 cm³/mol. The van der Waals surface area contributed by atoms with Crippen LogP contribution in [0.15, 0.2) is 36.7 Å². The molecule has 1 heterocycles. The van der Waals surface area contributed by atoms with Crippen LogP contribution >= 0.6 is 11.6 Å². The van der Waals surface area contributed by atoms with Crippen LogP contribution in [0.2, 0.25) is 0 Å². The zero-order valence-electron chi connectivity index (χ0n) is 9.28. The van der Waals surface area contributed by atoms with E-state index in [1.807, 2.05) is 0 Å². The Morgan fingerprint density at radius 2 is 1.78 bits per heavy atom. The van der Waals surface area contributed by atoms with Gasteiger partial charge in [-0.3, -0.25) is 4.68 Å². The third-order valence-electron chi connectivity index (χ3n) is 2.47. The molecular weight excluding hydrogens is 265 g/mol. The first-order valence-electron chi connectivity index (χ1n) is 5.22. The van der Waals surface area contributed by atoms with Crippen molar-refractivity contribution in [3.63, 3.8) is 0 Å². The minimum Gasteiger partial charge on any atom is -0.268 e. The lowest BCUT2D eigenvalue weighted by atomic mass is 10.1. The molecule has 96 valence electrons. The first-order valence-corrected chi connectivity index (χ1v) is 5.76. The highest BCUT2D eigenvalue weighted by atomic mass is 35.5. The summed E-state index contributed by atoms with van der Waals surface area (Å²) in [4.78, 5) is 0. The molecule has 18 heavy (non-hydrogen) atoms. The number of halogens is 4. The van der Waals surface area contributed by atoms with Crippen LogP contribution in [0, 0.1) is 0 Å². The fourth-order valence-corrected chi connectivity index (χ4v) is 1.69. The van der Waals surface area contributed by atoms with Crippen LogP contribution in [0.4, 0.5) is 13.2 Å². The lowest BCUT2D eigenvalue weighted by Crippen LogP contribution is -2.05. The van der Waals surface area contributed by atoms with E-state index in [0.717, 1.165) is 23.3 Å². The number of hydrogen-bond donors (Lipinski definition) is 0. The molecule has 0 saturated heterocycles. The smallest absolute Gasteiger partial charge is 0.268 e. The number of hydrogen-bond acceptors (Lipinski definition) is 1. The van der Waals surface area contributed by atoms with Crippen molar-refractivity contribution < 1.29 is 13.2 Å². The maximum absolute atomic E-state index is 12.4. The quantitative estimate of drug-likeness (QED) is 0.781. The van der Waals surface area contributed by atoms with Gasteiger partial charge < -0.3 is 0 Å². The largest absolute Gasteiger partial charge is 0.416 e. The minimum atomic E-state index is -4.30. The Morgan fingerprint density at radius 3 is 2.28 bits per heavy atom. The fraction of sp³-hybridized carbons (Fsp3) is 0.250. The molecule has 0 aliphatic heterocycles. The molecule has 0 aliphatic rings. The van der Waals surface area contributed by atoms with Crippen molar-refractivity contribution in [1.82, 2.24) is 9.78 Å². The van der Waals surface area contributed by atoms with Crippen molar-refractivity contribution >= 4 is 11.6 Å². The maximum Gasteiger partial charge on any atom is 0.416 e. The molecule has 0 atom stereocenters. The van der Waals surface area contributed by atoms with Crippen LogP contribution in [0.25, 0.3) is 0 Å². The number of nitrogens with zero attached hydrogens (tertiary/aromatic N) is 2. The number of rotatable bonds is 3. The van der Waals surface area contributed by atoms with Gasteiger partial charge >= 0.3 is 6.18 Å². The van der Waals surface area contributed by atoms with E-state index < -0.39 is 11.7 Å². The molecule has 0 saturated carbocycles. The lowest BCUT2D eigenvalue weighted by Gasteiger charge is -2.07. The zero-order valence-corrected chi connectivity index (χ0v) is 10.0. The van der Waals surface area contributed by atoms with E-state index in [1.165, 1.54) is 12.1 Å². The van der Waals surface area contributed by atoms with Crippen molar-refractivity contribution in [1.29, 1.82) is 0 Å². The van der Waals surface area contributed by atoms with E-state index in [0.29, 0.717) is 12.4 Å². The summed E-state index contributed by atoms with van der Waals surface area (Å²) < 4.78 is 38.7. The van der Waals surface area contributed by atoms with Gasteiger partial charge in [0.1, 0.15) is 0 Å². The van der Waals surface area contributed by atoms with E-state index in [2.05, 4.69) is 5.10 Å². The standard InChI is InChI=1S/C12H10ClF3N2/c13-5-10-6-17-18(8-10)7-9-1-3-11(4-2-9)12(14,15)16/h1-4,6,8H,5,7H2. The van der Waals surface area contributed by atoms with Crippen molar-refractivity contribution in [2.75, 3.05) is 0 Å². The normalized spacial score (nSPS) is 11.8. The van der Waals surface area contributed by atoms with Crippen molar-refractivity contribution in [2.24, 2.45) is 0 Å². The topological polar surface area (TPSA) is 17.8 Å². The molecule has 0 unspecified atom stereocenters. The molecule has 0 fully saturated rings. The Hall–Kier alpha value is -1.49. The minimum absolute atomic E-state index is 0.368. The second-order valence-corrected chi connectivity index (χ2v) is 4.14. The molecule has 0 bridgehead atoms. The van der Waals surface area contributed by atoms with Gasteiger partial charge in [0.25, 0.3) is 0 Å². The summed E-state index contributed by atoms with van der Waals surface area (Å²) in [6.45, 7) is 0.426. The summed E-state index contributed by atoms with van der Waals surface area (Å²) in [5, 5.41) is 4.06. The molecule has 0 N–H and O–H groups in total. The average molecular weight is 275 g/mol. The van der Waals surface area contributed by atoms with E-state index >= 15 is 0 Å². The molecular formula is C12H10ClF3N2. The van der Waals surface area contributed by atoms with Gasteiger partial charge in [-0.1, -0.05) is 12.1 Å². The highest BCUT2D eigenvalue weighted by Gasteiger charge is 2.29. The van der Waals surface area contributed by atoms with Gasteiger partial charge in [0, 0.05) is 11.8 Å². The molecule has 6 heteroatoms. The van der Waals surface area contributed by atoms with Crippen LogP contribution in [0.3, 0.4) is 0 Å². The number of benzene rings is 1. The summed E-state index contributed by atoms with van der Waals surface area (Å²) in [5.41, 5.74) is 0.990. The predicted octanol–water partition coefficient (Wildman–Crippen LogP) is 3.69. The summed E-state index contributed by atoms with van der Waals surface area (Å²) >= 11 is 5.64. The fourth-order valence-electron chi connectivity index (χ4n) is 1.55. The molecule has 0 radical (unpaired) electrons. The van der Waals surface area contributed by atoms with Crippen LogP contribution in [0.1, 0.15) is 16.7 Å². The highest BCUT2D eigenvalue weighted by Crippen LogP contribution is 2.29. The molecule has 2 nitrogen and oxygen atoms in total.